The fourth-order valence-electron chi connectivity index (χ4n) is 2.06. The first kappa shape index (κ1) is 17.4. The van der Waals surface area contributed by atoms with Crippen LogP contribution in [0.4, 0.5) is 0 Å². The molecule has 1 heterocycles. The van der Waals surface area contributed by atoms with E-state index < -0.39 is 0 Å². The summed E-state index contributed by atoms with van der Waals surface area (Å²) in [6, 6.07) is 11.1. The first-order valence-electron chi connectivity index (χ1n) is 7.07. The van der Waals surface area contributed by atoms with Gasteiger partial charge in [0.05, 0.1) is 0 Å². The zero-order chi connectivity index (χ0) is 16.8. The average molecular weight is 389 g/mol. The summed E-state index contributed by atoms with van der Waals surface area (Å²) >= 11 is 8.80. The fourth-order valence-corrected chi connectivity index (χ4v) is 2.60. The molecular formula is C18H17BrN2OS. The van der Waals surface area contributed by atoms with Gasteiger partial charge in [0, 0.05) is 22.6 Å². The van der Waals surface area contributed by atoms with Gasteiger partial charge in [0.15, 0.2) is 17.4 Å². The number of aryl methyl sites for hydroxylation is 1. The van der Waals surface area contributed by atoms with Crippen LogP contribution >= 0.6 is 28.1 Å². The Balaban J connectivity index is 2.55. The molecule has 0 unspecified atom stereocenters. The van der Waals surface area contributed by atoms with Crippen LogP contribution in [0.1, 0.15) is 11.1 Å². The van der Waals surface area contributed by atoms with E-state index in [1.165, 1.54) is 0 Å². The number of aromatic nitrogens is 1. The minimum absolute atomic E-state index is 0.130. The van der Waals surface area contributed by atoms with Gasteiger partial charge in [0.2, 0.25) is 5.70 Å². The Labute approximate surface area is 150 Å². The van der Waals surface area contributed by atoms with Crippen LogP contribution in [0.2, 0.25) is 0 Å². The largest absolute Gasteiger partial charge is 0.867 e. The van der Waals surface area contributed by atoms with Crippen LogP contribution in [0.5, 0.6) is 0 Å². The predicted octanol–water partition coefficient (Wildman–Crippen LogP) is 2.83. The zero-order valence-corrected chi connectivity index (χ0v) is 15.2. The van der Waals surface area contributed by atoms with Gasteiger partial charge in [0.1, 0.15) is 0 Å². The molecular weight excluding hydrogens is 372 g/mol. The maximum Gasteiger partial charge on any atom is 0.237 e. The molecule has 0 aliphatic rings. The molecule has 0 saturated heterocycles. The topological polar surface area (TPSA) is 39.0 Å². The first-order chi connectivity index (χ1) is 11.0. The molecule has 1 aromatic carbocycles. The van der Waals surface area contributed by atoms with E-state index in [-0.39, 0.29) is 5.76 Å². The highest BCUT2D eigenvalue weighted by Crippen LogP contribution is 2.18. The molecule has 23 heavy (non-hydrogen) atoms. The van der Waals surface area contributed by atoms with Gasteiger partial charge in [0.25, 0.3) is 0 Å². The van der Waals surface area contributed by atoms with E-state index in [2.05, 4.69) is 27.8 Å². The lowest BCUT2D eigenvalue weighted by Gasteiger charge is -2.16. The molecule has 1 N–H and O–H groups in total. The van der Waals surface area contributed by atoms with Crippen LogP contribution in [0.25, 0.3) is 11.5 Å². The van der Waals surface area contributed by atoms with E-state index in [0.29, 0.717) is 22.8 Å². The fraction of sp³-hybridized carbons (Fsp3) is 0.111. The Hall–Kier alpha value is -1.98. The van der Waals surface area contributed by atoms with Crippen LogP contribution in [0, 0.1) is 6.92 Å². The van der Waals surface area contributed by atoms with E-state index in [1.54, 1.807) is 22.8 Å². The second kappa shape index (κ2) is 8.04. The number of pyridine rings is 1. The number of thiocarbonyl (C=S) groups is 1. The normalized spacial score (nSPS) is 11.6. The summed E-state index contributed by atoms with van der Waals surface area (Å²) in [6.07, 6.45) is 5.41. The standard InChI is InChI=1S/C18H17BrN2OS/c1-3-10-20-18(23)16(21-11-4-5-13(2)12-21)17(22)14-6-8-15(19)9-7-14/h3-9,11-12H,1,10H2,2H3,(H-,20,22,23). The third-order valence-corrected chi connectivity index (χ3v) is 4.02. The van der Waals surface area contributed by atoms with Crippen LogP contribution in [-0.2, 0) is 0 Å². The molecule has 3 nitrogen and oxygen atoms in total. The second-order valence-electron chi connectivity index (χ2n) is 4.97. The summed E-state index contributed by atoms with van der Waals surface area (Å²) in [7, 11) is 0. The van der Waals surface area contributed by atoms with Gasteiger partial charge in [-0.25, -0.2) is 0 Å². The summed E-state index contributed by atoms with van der Waals surface area (Å²) in [5.41, 5.74) is 2.05. The smallest absolute Gasteiger partial charge is 0.237 e. The van der Waals surface area contributed by atoms with Crippen molar-refractivity contribution in [2.45, 2.75) is 6.92 Å². The minimum Gasteiger partial charge on any atom is -0.867 e. The predicted molar refractivity (Wildman–Crippen MR) is 99.4 cm³/mol. The van der Waals surface area contributed by atoms with Gasteiger partial charge in [-0.3, -0.25) is 0 Å². The van der Waals surface area contributed by atoms with Crippen molar-refractivity contribution < 1.29 is 9.67 Å². The molecule has 2 rings (SSSR count). The monoisotopic (exact) mass is 388 g/mol. The summed E-state index contributed by atoms with van der Waals surface area (Å²) in [6.45, 7) is 6.14. The maximum absolute atomic E-state index is 12.9. The number of rotatable bonds is 5. The van der Waals surface area contributed by atoms with Crippen molar-refractivity contribution in [3.8, 4) is 0 Å². The summed E-state index contributed by atoms with van der Waals surface area (Å²) in [5.74, 6) is -0.130. The van der Waals surface area contributed by atoms with Gasteiger partial charge in [-0.05, 0) is 36.4 Å². The van der Waals surface area contributed by atoms with Gasteiger partial charge >= 0.3 is 0 Å². The molecule has 118 valence electrons. The molecule has 0 aliphatic carbocycles. The van der Waals surface area contributed by atoms with E-state index in [9.17, 15) is 5.11 Å². The van der Waals surface area contributed by atoms with E-state index in [0.717, 1.165) is 10.0 Å². The lowest BCUT2D eigenvalue weighted by Crippen LogP contribution is -2.42. The van der Waals surface area contributed by atoms with Crippen molar-refractivity contribution in [3.05, 3.63) is 77.0 Å². The average Bonchev–Trinajstić information content (AvgIpc) is 2.53. The Kier molecular flexibility index (Phi) is 6.07. The zero-order valence-electron chi connectivity index (χ0n) is 12.8. The molecule has 0 spiro atoms. The Bertz CT molecular complexity index is 754. The highest BCUT2D eigenvalue weighted by Gasteiger charge is 2.18. The van der Waals surface area contributed by atoms with Crippen molar-refractivity contribution >= 4 is 44.6 Å². The Morgan fingerprint density at radius 1 is 1.35 bits per heavy atom. The van der Waals surface area contributed by atoms with Crippen molar-refractivity contribution in [2.75, 3.05) is 6.54 Å². The molecule has 0 atom stereocenters. The molecule has 0 fully saturated rings. The van der Waals surface area contributed by atoms with Crippen LogP contribution in [-0.4, -0.2) is 11.5 Å². The summed E-state index contributed by atoms with van der Waals surface area (Å²) in [5, 5.41) is 16.0. The highest BCUT2D eigenvalue weighted by molar-refractivity contribution is 9.10. The molecule has 2 aromatic rings. The van der Waals surface area contributed by atoms with E-state index in [4.69, 9.17) is 12.2 Å². The van der Waals surface area contributed by atoms with Crippen molar-refractivity contribution in [1.82, 2.24) is 5.32 Å². The SMILES string of the molecule is C=CCNC(=S)/C(=C(\[O-])c1ccc(Br)cc1)[n+]1cccc(C)c1. The summed E-state index contributed by atoms with van der Waals surface area (Å²) < 4.78 is 2.68. The molecule has 0 radical (unpaired) electrons. The Morgan fingerprint density at radius 2 is 2.04 bits per heavy atom. The quantitative estimate of drug-likeness (QED) is 0.281. The van der Waals surface area contributed by atoms with Gasteiger partial charge in [-0.1, -0.05) is 46.4 Å². The van der Waals surface area contributed by atoms with Crippen molar-refractivity contribution in [2.24, 2.45) is 0 Å². The lowest BCUT2D eigenvalue weighted by molar-refractivity contribution is -0.578. The molecule has 0 amide bonds. The Morgan fingerprint density at radius 3 is 2.65 bits per heavy atom. The van der Waals surface area contributed by atoms with E-state index >= 15 is 0 Å². The lowest BCUT2D eigenvalue weighted by atomic mass is 10.1. The molecule has 0 saturated carbocycles. The van der Waals surface area contributed by atoms with Gasteiger partial charge in [-0.2, -0.15) is 4.57 Å². The highest BCUT2D eigenvalue weighted by atomic mass is 79.9. The van der Waals surface area contributed by atoms with Crippen molar-refractivity contribution in [3.63, 3.8) is 0 Å². The minimum atomic E-state index is -0.130. The van der Waals surface area contributed by atoms with Crippen LogP contribution in [0.3, 0.4) is 0 Å². The number of nitrogens with zero attached hydrogens (tertiary/aromatic N) is 1. The number of halogens is 1. The third kappa shape index (κ3) is 4.50. The van der Waals surface area contributed by atoms with Crippen molar-refractivity contribution in [1.29, 1.82) is 0 Å². The van der Waals surface area contributed by atoms with Crippen LogP contribution < -0.4 is 15.0 Å². The second-order valence-corrected chi connectivity index (χ2v) is 6.30. The maximum atomic E-state index is 12.9. The van der Waals surface area contributed by atoms with Gasteiger partial charge < -0.3 is 10.4 Å². The number of hydrogen-bond acceptors (Lipinski definition) is 2. The number of benzene rings is 1. The third-order valence-electron chi connectivity index (χ3n) is 3.15. The molecule has 5 heteroatoms. The van der Waals surface area contributed by atoms with Crippen LogP contribution in [0.15, 0.2) is 65.9 Å². The molecule has 0 bridgehead atoms. The molecule has 1 aromatic heterocycles. The molecule has 0 aliphatic heterocycles. The summed E-state index contributed by atoms with van der Waals surface area (Å²) in [4.78, 5) is 0.397. The first-order valence-corrected chi connectivity index (χ1v) is 8.27. The van der Waals surface area contributed by atoms with Gasteiger partial charge in [-0.15, -0.1) is 6.58 Å². The number of nitrogens with one attached hydrogen (secondary N) is 1. The van der Waals surface area contributed by atoms with E-state index in [1.807, 2.05) is 43.6 Å². The number of hydrogen-bond donors (Lipinski definition) is 1.